The lowest BCUT2D eigenvalue weighted by molar-refractivity contribution is -0.124. The highest BCUT2D eigenvalue weighted by Crippen LogP contribution is 2.26. The first-order chi connectivity index (χ1) is 7.54. The summed E-state index contributed by atoms with van der Waals surface area (Å²) in [5.41, 5.74) is 6.26. The molecule has 0 spiro atoms. The highest BCUT2D eigenvalue weighted by Gasteiger charge is 2.12. The molecule has 0 saturated heterocycles. The molecule has 0 aliphatic heterocycles. The first-order valence-corrected chi connectivity index (χ1v) is 5.73. The van der Waals surface area contributed by atoms with Crippen LogP contribution in [0.2, 0.25) is 0 Å². The molecule has 0 heterocycles. The van der Waals surface area contributed by atoms with Crippen molar-refractivity contribution in [3.05, 3.63) is 28.2 Å². The van der Waals surface area contributed by atoms with Gasteiger partial charge in [-0.2, -0.15) is 0 Å². The number of hydrogen-bond acceptors (Lipinski definition) is 3. The highest BCUT2D eigenvalue weighted by molar-refractivity contribution is 9.10. The van der Waals surface area contributed by atoms with Crippen LogP contribution in [0.25, 0.3) is 0 Å². The molecule has 1 rings (SSSR count). The zero-order chi connectivity index (χ0) is 12.1. The van der Waals surface area contributed by atoms with Gasteiger partial charge in [-0.15, -0.1) is 0 Å². The second-order valence-corrected chi connectivity index (χ2v) is 4.31. The fourth-order valence-corrected chi connectivity index (χ4v) is 1.72. The van der Waals surface area contributed by atoms with Gasteiger partial charge in [0.05, 0.1) is 4.47 Å². The van der Waals surface area contributed by atoms with Gasteiger partial charge in [-0.3, -0.25) is 4.79 Å². The Morgan fingerprint density at radius 3 is 2.81 bits per heavy atom. The molecule has 1 unspecified atom stereocenters. The predicted octanol–water partition coefficient (Wildman–Crippen LogP) is 1.42. The number of rotatable bonds is 5. The van der Waals surface area contributed by atoms with Crippen LogP contribution < -0.4 is 15.8 Å². The molecule has 1 aromatic rings. The first kappa shape index (κ1) is 13.0. The number of carbonyl (C=O) groups excluding carboxylic acids is 1. The zero-order valence-corrected chi connectivity index (χ0v) is 10.9. The largest absolute Gasteiger partial charge is 0.480 e. The summed E-state index contributed by atoms with van der Waals surface area (Å²) in [6, 6.07) is 5.69. The molecule has 16 heavy (non-hydrogen) atoms. The van der Waals surface area contributed by atoms with E-state index in [-0.39, 0.29) is 0 Å². The van der Waals surface area contributed by atoms with Crippen molar-refractivity contribution in [2.24, 2.45) is 5.73 Å². The molecule has 5 heteroatoms. The smallest absolute Gasteiger partial charge is 0.258 e. The van der Waals surface area contributed by atoms with Gasteiger partial charge in [0.15, 0.2) is 6.10 Å². The Morgan fingerprint density at radius 1 is 1.62 bits per heavy atom. The second kappa shape index (κ2) is 5.86. The van der Waals surface area contributed by atoms with Gasteiger partial charge in [-0.1, -0.05) is 6.07 Å². The van der Waals surface area contributed by atoms with E-state index >= 15 is 0 Å². The molecule has 3 N–H and O–H groups in total. The Balaban J connectivity index is 2.78. The monoisotopic (exact) mass is 286 g/mol. The Labute approximate surface area is 103 Å². The van der Waals surface area contributed by atoms with Gasteiger partial charge >= 0.3 is 0 Å². The van der Waals surface area contributed by atoms with Crippen molar-refractivity contribution in [2.75, 3.05) is 7.05 Å². The number of nitrogens with one attached hydrogen (secondary N) is 1. The minimum Gasteiger partial charge on any atom is -0.480 e. The van der Waals surface area contributed by atoms with Crippen LogP contribution >= 0.6 is 15.9 Å². The molecule has 0 fully saturated rings. The van der Waals surface area contributed by atoms with Gasteiger partial charge in [-0.05, 0) is 47.6 Å². The summed E-state index contributed by atoms with van der Waals surface area (Å²) < 4.78 is 6.21. The van der Waals surface area contributed by atoms with Crippen molar-refractivity contribution < 1.29 is 9.53 Å². The molecule has 1 aromatic carbocycles. The van der Waals surface area contributed by atoms with E-state index in [4.69, 9.17) is 10.5 Å². The molecule has 1 atom stereocenters. The Bertz CT molecular complexity index is 382. The second-order valence-electron chi connectivity index (χ2n) is 3.46. The average molecular weight is 287 g/mol. The first-order valence-electron chi connectivity index (χ1n) is 4.93. The number of nitrogens with two attached hydrogens (primary N) is 1. The molecular formula is C11H15BrN2O2. The molecule has 0 aromatic heterocycles. The Kier molecular flexibility index (Phi) is 4.76. The van der Waals surface area contributed by atoms with Crippen molar-refractivity contribution in [1.82, 2.24) is 5.32 Å². The quantitative estimate of drug-likeness (QED) is 0.861. The third-order valence-corrected chi connectivity index (χ3v) is 2.70. The van der Waals surface area contributed by atoms with Crippen molar-refractivity contribution in [1.29, 1.82) is 0 Å². The maximum Gasteiger partial charge on any atom is 0.258 e. The molecule has 0 radical (unpaired) electrons. The molecular weight excluding hydrogens is 272 g/mol. The van der Waals surface area contributed by atoms with Gasteiger partial charge in [0.1, 0.15) is 5.75 Å². The summed E-state index contributed by atoms with van der Waals surface area (Å²) in [7, 11) is 1.88. The van der Waals surface area contributed by atoms with Crippen LogP contribution in [0, 0.1) is 0 Å². The number of ether oxygens (including phenoxy) is 1. The van der Waals surface area contributed by atoms with Crippen LogP contribution in [0.1, 0.15) is 12.5 Å². The van der Waals surface area contributed by atoms with Crippen molar-refractivity contribution in [2.45, 2.75) is 19.6 Å². The number of halogens is 1. The molecule has 0 aliphatic rings. The molecule has 1 amide bonds. The van der Waals surface area contributed by atoms with E-state index in [2.05, 4.69) is 21.2 Å². The van der Waals surface area contributed by atoms with Gasteiger partial charge < -0.3 is 15.8 Å². The van der Waals surface area contributed by atoms with Crippen LogP contribution in [-0.4, -0.2) is 19.1 Å². The van der Waals surface area contributed by atoms with Crippen LogP contribution in [0.3, 0.4) is 0 Å². The predicted molar refractivity (Wildman–Crippen MR) is 66.2 cm³/mol. The summed E-state index contributed by atoms with van der Waals surface area (Å²) in [5, 5.41) is 3.05. The van der Waals surface area contributed by atoms with Gasteiger partial charge in [0.2, 0.25) is 0 Å². The highest BCUT2D eigenvalue weighted by atomic mass is 79.9. The third-order valence-electron chi connectivity index (χ3n) is 2.08. The fraction of sp³-hybridized carbons (Fsp3) is 0.364. The Morgan fingerprint density at radius 2 is 2.31 bits per heavy atom. The number of carbonyl (C=O) groups is 1. The average Bonchev–Trinajstić information content (AvgIpc) is 2.22. The number of benzene rings is 1. The topological polar surface area (TPSA) is 64.3 Å². The lowest BCUT2D eigenvalue weighted by atomic mass is 10.2. The fourth-order valence-electron chi connectivity index (χ4n) is 1.20. The lowest BCUT2D eigenvalue weighted by Gasteiger charge is -2.13. The number of amides is 1. The molecule has 0 bridgehead atoms. The molecule has 0 saturated carbocycles. The normalized spacial score (nSPS) is 12.2. The van der Waals surface area contributed by atoms with Crippen LogP contribution in [0.15, 0.2) is 22.7 Å². The van der Waals surface area contributed by atoms with Gasteiger partial charge in [-0.25, -0.2) is 0 Å². The van der Waals surface area contributed by atoms with Crippen molar-refractivity contribution in [3.8, 4) is 5.75 Å². The van der Waals surface area contributed by atoms with E-state index in [1.165, 1.54) is 0 Å². The summed E-state index contributed by atoms with van der Waals surface area (Å²) in [6.07, 6.45) is -0.633. The number of hydrogen-bond donors (Lipinski definition) is 2. The van der Waals surface area contributed by atoms with E-state index in [0.717, 1.165) is 16.6 Å². The van der Waals surface area contributed by atoms with Crippen molar-refractivity contribution in [3.63, 3.8) is 0 Å². The molecule has 88 valence electrons. The maximum absolute atomic E-state index is 10.9. The molecule has 0 aliphatic carbocycles. The minimum absolute atomic E-state index is 0.480. The lowest BCUT2D eigenvalue weighted by Crippen LogP contribution is -2.30. The minimum atomic E-state index is -0.633. The van der Waals surface area contributed by atoms with E-state index in [9.17, 15) is 4.79 Å². The summed E-state index contributed by atoms with van der Waals surface area (Å²) in [5.74, 6) is 0.136. The standard InChI is InChI=1S/C11H15BrN2O2/c1-7(11(13)15)16-10-4-3-8(6-14-2)5-9(10)12/h3-5,7,14H,6H2,1-2H3,(H2,13,15). The van der Waals surface area contributed by atoms with Crippen LogP contribution in [-0.2, 0) is 11.3 Å². The van der Waals surface area contributed by atoms with E-state index < -0.39 is 12.0 Å². The SMILES string of the molecule is CNCc1ccc(OC(C)C(N)=O)c(Br)c1. The van der Waals surface area contributed by atoms with E-state index in [0.29, 0.717) is 5.75 Å². The van der Waals surface area contributed by atoms with E-state index in [1.807, 2.05) is 25.2 Å². The van der Waals surface area contributed by atoms with Gasteiger partial charge in [0.25, 0.3) is 5.91 Å². The van der Waals surface area contributed by atoms with Gasteiger partial charge in [0, 0.05) is 6.54 Å². The van der Waals surface area contributed by atoms with E-state index in [1.54, 1.807) is 6.92 Å². The third kappa shape index (κ3) is 3.50. The van der Waals surface area contributed by atoms with Crippen LogP contribution in [0.4, 0.5) is 0 Å². The maximum atomic E-state index is 10.9. The summed E-state index contributed by atoms with van der Waals surface area (Å²) in [6.45, 7) is 2.40. The Hall–Kier alpha value is -1.07. The summed E-state index contributed by atoms with van der Waals surface area (Å²) in [4.78, 5) is 10.9. The summed E-state index contributed by atoms with van der Waals surface area (Å²) >= 11 is 3.39. The number of primary amides is 1. The zero-order valence-electron chi connectivity index (χ0n) is 9.29. The molecule has 4 nitrogen and oxygen atoms in total. The van der Waals surface area contributed by atoms with Crippen molar-refractivity contribution >= 4 is 21.8 Å². The van der Waals surface area contributed by atoms with Crippen LogP contribution in [0.5, 0.6) is 5.75 Å².